The monoisotopic (exact) mass is 187 g/mol. The average molecular weight is 187 g/mol. The molecule has 12 heavy (non-hydrogen) atoms. The highest BCUT2D eigenvalue weighted by molar-refractivity contribution is 6.31. The zero-order valence-electron chi connectivity index (χ0n) is 8.52. The van der Waals surface area contributed by atoms with Crippen LogP contribution in [0.3, 0.4) is 0 Å². The minimum absolute atomic E-state index is 0.323. The molecule has 1 N–H and O–H groups in total. The highest BCUT2D eigenvalue weighted by Crippen LogP contribution is 2.22. The summed E-state index contributed by atoms with van der Waals surface area (Å²) in [7, 11) is -0.323. The first-order valence-electron chi connectivity index (χ1n) is 4.90. The molecule has 72 valence electrons. The Labute approximate surface area is 78.0 Å². The van der Waals surface area contributed by atoms with Gasteiger partial charge in [0.25, 0.3) is 0 Å². The highest BCUT2D eigenvalue weighted by Gasteiger charge is 2.17. The fourth-order valence-electron chi connectivity index (χ4n) is 1.33. The van der Waals surface area contributed by atoms with E-state index in [0.717, 1.165) is 13.1 Å². The summed E-state index contributed by atoms with van der Waals surface area (Å²) in [6.45, 7) is 9.12. The van der Waals surface area contributed by atoms with Crippen LogP contribution in [0.1, 0.15) is 33.6 Å². The van der Waals surface area contributed by atoms with E-state index in [9.17, 15) is 0 Å². The van der Waals surface area contributed by atoms with Gasteiger partial charge < -0.3 is 9.74 Å². The van der Waals surface area contributed by atoms with E-state index in [0.29, 0.717) is 11.1 Å². The average Bonchev–Trinajstić information content (AvgIpc) is 2.02. The molecule has 0 radical (unpaired) electrons. The summed E-state index contributed by atoms with van der Waals surface area (Å²) in [6, 6.07) is 0. The fourth-order valence-corrected chi connectivity index (χ4v) is 2.40. The van der Waals surface area contributed by atoms with Gasteiger partial charge in [0.05, 0.1) is 0 Å². The van der Waals surface area contributed by atoms with Crippen molar-refractivity contribution < 1.29 is 4.43 Å². The third-order valence-corrected chi connectivity index (χ3v) is 3.54. The second kappa shape index (κ2) is 4.39. The van der Waals surface area contributed by atoms with Crippen LogP contribution in [0.4, 0.5) is 0 Å². The van der Waals surface area contributed by atoms with Crippen LogP contribution in [0.25, 0.3) is 0 Å². The lowest BCUT2D eigenvalue weighted by atomic mass is 10.1. The third-order valence-electron chi connectivity index (χ3n) is 2.04. The van der Waals surface area contributed by atoms with Gasteiger partial charge in [-0.1, -0.05) is 20.8 Å². The molecular weight excluding hydrogens is 166 g/mol. The van der Waals surface area contributed by atoms with E-state index < -0.39 is 0 Å². The van der Waals surface area contributed by atoms with Gasteiger partial charge in [0, 0.05) is 6.10 Å². The maximum absolute atomic E-state index is 5.95. The van der Waals surface area contributed by atoms with Crippen molar-refractivity contribution in [3.63, 3.8) is 0 Å². The topological polar surface area (TPSA) is 21.3 Å². The Bertz CT molecular complexity index is 127. The summed E-state index contributed by atoms with van der Waals surface area (Å²) in [5.74, 6) is 0. The first-order chi connectivity index (χ1) is 5.58. The fraction of sp³-hybridized carbons (Fsp3) is 1.00. The highest BCUT2D eigenvalue weighted by atomic mass is 28.2. The number of hydrogen-bond acceptors (Lipinski definition) is 2. The predicted molar refractivity (Wildman–Crippen MR) is 55.2 cm³/mol. The van der Waals surface area contributed by atoms with E-state index in [2.05, 4.69) is 26.1 Å². The predicted octanol–water partition coefficient (Wildman–Crippen LogP) is 1.06. The van der Waals surface area contributed by atoms with Gasteiger partial charge in [-0.2, -0.15) is 0 Å². The summed E-state index contributed by atoms with van der Waals surface area (Å²) in [4.78, 5) is 0. The minimum Gasteiger partial charge on any atom is -0.420 e. The molecule has 0 aromatic heterocycles. The van der Waals surface area contributed by atoms with E-state index in [1.807, 2.05) is 0 Å². The Balaban J connectivity index is 2.13. The minimum atomic E-state index is -0.323. The molecule has 2 nitrogen and oxygen atoms in total. The molecule has 0 spiro atoms. The molecule has 1 rings (SSSR count). The molecule has 0 aromatic carbocycles. The van der Waals surface area contributed by atoms with Gasteiger partial charge in [-0.25, -0.2) is 0 Å². The molecule has 1 fully saturated rings. The van der Waals surface area contributed by atoms with Gasteiger partial charge >= 0.3 is 0 Å². The number of rotatable bonds is 2. The third kappa shape index (κ3) is 4.23. The standard InChI is InChI=1S/C9H21NOSi/c1-9(2,3)12-11-8-4-6-10-7-5-8/h8,10H,4-7,12H2,1-3H3. The van der Waals surface area contributed by atoms with Crippen LogP contribution in [-0.2, 0) is 4.43 Å². The quantitative estimate of drug-likeness (QED) is 0.653. The Morgan fingerprint density at radius 2 is 1.83 bits per heavy atom. The lowest BCUT2D eigenvalue weighted by Crippen LogP contribution is -2.34. The van der Waals surface area contributed by atoms with E-state index in [1.54, 1.807) is 0 Å². The molecule has 0 bridgehead atoms. The van der Waals surface area contributed by atoms with Crippen molar-refractivity contribution in [2.45, 2.75) is 44.8 Å². The molecule has 0 unspecified atom stereocenters. The maximum atomic E-state index is 5.95. The van der Waals surface area contributed by atoms with Crippen molar-refractivity contribution in [3.05, 3.63) is 0 Å². The van der Waals surface area contributed by atoms with Crippen molar-refractivity contribution in [1.29, 1.82) is 0 Å². The Morgan fingerprint density at radius 3 is 2.33 bits per heavy atom. The van der Waals surface area contributed by atoms with Crippen LogP contribution in [0.5, 0.6) is 0 Å². The molecule has 1 saturated heterocycles. The lowest BCUT2D eigenvalue weighted by Gasteiger charge is -2.27. The normalized spacial score (nSPS) is 22.2. The van der Waals surface area contributed by atoms with Crippen molar-refractivity contribution >= 4 is 9.76 Å². The van der Waals surface area contributed by atoms with E-state index in [-0.39, 0.29) is 9.76 Å². The summed E-state index contributed by atoms with van der Waals surface area (Å²) in [5, 5.41) is 3.80. The summed E-state index contributed by atoms with van der Waals surface area (Å²) >= 11 is 0. The zero-order chi connectivity index (χ0) is 9.03. The van der Waals surface area contributed by atoms with Gasteiger partial charge in [-0.05, 0) is 31.0 Å². The largest absolute Gasteiger partial charge is 0.420 e. The second-order valence-corrected chi connectivity index (χ2v) is 7.56. The van der Waals surface area contributed by atoms with Gasteiger partial charge in [0.2, 0.25) is 0 Å². The molecule has 0 aliphatic carbocycles. The molecule has 3 heteroatoms. The van der Waals surface area contributed by atoms with Gasteiger partial charge in [-0.3, -0.25) is 0 Å². The molecule has 1 aliphatic rings. The Kier molecular flexibility index (Phi) is 3.74. The number of piperidine rings is 1. The lowest BCUT2D eigenvalue weighted by molar-refractivity contribution is 0.164. The molecule has 1 aliphatic heterocycles. The van der Waals surface area contributed by atoms with Gasteiger partial charge in [0.1, 0.15) is 0 Å². The van der Waals surface area contributed by atoms with Crippen LogP contribution in [0, 0.1) is 0 Å². The zero-order valence-corrected chi connectivity index (χ0v) is 9.94. The summed E-state index contributed by atoms with van der Waals surface area (Å²) in [6.07, 6.45) is 2.99. The SMILES string of the molecule is CC(C)(C)[SiH2]OC1CCNCC1. The van der Waals surface area contributed by atoms with Crippen LogP contribution >= 0.6 is 0 Å². The van der Waals surface area contributed by atoms with Crippen LogP contribution in [-0.4, -0.2) is 29.0 Å². The van der Waals surface area contributed by atoms with Crippen molar-refractivity contribution in [1.82, 2.24) is 5.32 Å². The van der Waals surface area contributed by atoms with Gasteiger partial charge in [0.15, 0.2) is 9.76 Å². The Hall–Kier alpha value is 0.137. The van der Waals surface area contributed by atoms with E-state index in [4.69, 9.17) is 4.43 Å². The van der Waals surface area contributed by atoms with Crippen LogP contribution in [0.15, 0.2) is 0 Å². The Morgan fingerprint density at radius 1 is 1.25 bits per heavy atom. The molecule has 1 heterocycles. The summed E-state index contributed by atoms with van der Waals surface area (Å²) in [5.41, 5.74) is 0. The maximum Gasteiger partial charge on any atom is 0.167 e. The smallest absolute Gasteiger partial charge is 0.167 e. The molecule has 0 atom stereocenters. The molecule has 0 saturated carbocycles. The van der Waals surface area contributed by atoms with Crippen molar-refractivity contribution in [2.75, 3.05) is 13.1 Å². The van der Waals surface area contributed by atoms with Crippen molar-refractivity contribution in [2.24, 2.45) is 0 Å². The first kappa shape index (κ1) is 10.2. The molecular formula is C9H21NOSi. The summed E-state index contributed by atoms with van der Waals surface area (Å²) < 4.78 is 5.95. The van der Waals surface area contributed by atoms with Crippen LogP contribution in [0.2, 0.25) is 5.04 Å². The second-order valence-electron chi connectivity index (χ2n) is 4.82. The van der Waals surface area contributed by atoms with Crippen molar-refractivity contribution in [3.8, 4) is 0 Å². The van der Waals surface area contributed by atoms with E-state index in [1.165, 1.54) is 12.8 Å². The molecule has 0 amide bonds. The van der Waals surface area contributed by atoms with Gasteiger partial charge in [-0.15, -0.1) is 0 Å². The number of hydrogen-bond donors (Lipinski definition) is 1. The number of nitrogens with one attached hydrogen (secondary N) is 1. The van der Waals surface area contributed by atoms with E-state index >= 15 is 0 Å². The van der Waals surface area contributed by atoms with Crippen LogP contribution < -0.4 is 5.32 Å². The molecule has 0 aromatic rings. The first-order valence-corrected chi connectivity index (χ1v) is 6.19.